The number of carbonyl (C=O) groups is 1. The highest BCUT2D eigenvalue weighted by molar-refractivity contribution is 6.33. The highest BCUT2D eigenvalue weighted by Gasteiger charge is 2.06. The van der Waals surface area contributed by atoms with E-state index in [9.17, 15) is 4.79 Å². The molecule has 0 saturated carbocycles. The molecule has 1 aromatic rings. The average Bonchev–Trinajstić information content (AvgIpc) is 2.30. The van der Waals surface area contributed by atoms with Crippen molar-refractivity contribution in [3.05, 3.63) is 28.8 Å². The quantitative estimate of drug-likeness (QED) is 0.739. The first-order valence-electron chi connectivity index (χ1n) is 5.09. The van der Waals surface area contributed by atoms with E-state index in [1.54, 1.807) is 12.1 Å². The fourth-order valence-corrected chi connectivity index (χ4v) is 1.68. The second-order valence-electron chi connectivity index (χ2n) is 3.31. The number of rotatable bonds is 5. The molecule has 0 N–H and O–H groups in total. The number of aldehydes is 1. The Kier molecular flexibility index (Phi) is 4.81. The summed E-state index contributed by atoms with van der Waals surface area (Å²) in [6, 6.07) is 7.40. The molecule has 0 radical (unpaired) electrons. The van der Waals surface area contributed by atoms with Crippen molar-refractivity contribution in [1.82, 2.24) is 0 Å². The highest BCUT2D eigenvalue weighted by atomic mass is 35.5. The van der Waals surface area contributed by atoms with E-state index in [1.807, 2.05) is 17.9 Å². The largest absolute Gasteiger partial charge is 0.371 e. The fraction of sp³-hybridized carbons (Fsp3) is 0.333. The topological polar surface area (TPSA) is 44.1 Å². The number of nitriles is 1. The molecule has 0 atom stereocenters. The summed E-state index contributed by atoms with van der Waals surface area (Å²) in [5.74, 6) is 0. The van der Waals surface area contributed by atoms with Gasteiger partial charge in [-0.15, -0.1) is 0 Å². The van der Waals surface area contributed by atoms with Crippen LogP contribution in [0.2, 0.25) is 5.02 Å². The Balaban J connectivity index is 2.89. The van der Waals surface area contributed by atoms with Crippen molar-refractivity contribution >= 4 is 23.6 Å². The summed E-state index contributed by atoms with van der Waals surface area (Å²) >= 11 is 5.94. The van der Waals surface area contributed by atoms with Crippen LogP contribution in [0.4, 0.5) is 5.69 Å². The molecule has 1 aromatic carbocycles. The van der Waals surface area contributed by atoms with Crippen LogP contribution >= 0.6 is 11.6 Å². The SMILES string of the molecule is CCN(CCC#N)c1ccc(C=O)c(Cl)c1. The van der Waals surface area contributed by atoms with Crippen molar-refractivity contribution in [2.75, 3.05) is 18.0 Å². The fourth-order valence-electron chi connectivity index (χ4n) is 1.46. The Bertz CT molecular complexity index is 412. The zero-order chi connectivity index (χ0) is 12.0. The Morgan fingerprint density at radius 1 is 1.56 bits per heavy atom. The summed E-state index contributed by atoms with van der Waals surface area (Å²) in [5, 5.41) is 8.99. The van der Waals surface area contributed by atoms with Gasteiger partial charge in [0.1, 0.15) is 0 Å². The molecular formula is C12H13ClN2O. The van der Waals surface area contributed by atoms with Crippen LogP contribution in [0.25, 0.3) is 0 Å². The molecule has 0 amide bonds. The van der Waals surface area contributed by atoms with Crippen molar-refractivity contribution in [3.8, 4) is 6.07 Å². The van der Waals surface area contributed by atoms with Gasteiger partial charge in [0.2, 0.25) is 0 Å². The molecule has 0 aliphatic rings. The molecule has 0 bridgehead atoms. The second-order valence-corrected chi connectivity index (χ2v) is 3.72. The van der Waals surface area contributed by atoms with Crippen molar-refractivity contribution in [2.45, 2.75) is 13.3 Å². The van der Waals surface area contributed by atoms with E-state index < -0.39 is 0 Å². The average molecular weight is 237 g/mol. The number of anilines is 1. The van der Waals surface area contributed by atoms with Gasteiger partial charge in [-0.05, 0) is 25.1 Å². The predicted molar refractivity (Wildman–Crippen MR) is 65.0 cm³/mol. The first-order chi connectivity index (χ1) is 7.72. The molecule has 0 aliphatic carbocycles. The molecule has 3 nitrogen and oxygen atoms in total. The molecule has 0 heterocycles. The summed E-state index contributed by atoms with van der Waals surface area (Å²) in [6.45, 7) is 3.49. The second kappa shape index (κ2) is 6.14. The summed E-state index contributed by atoms with van der Waals surface area (Å²) < 4.78 is 0. The number of hydrogen-bond donors (Lipinski definition) is 0. The smallest absolute Gasteiger partial charge is 0.151 e. The lowest BCUT2D eigenvalue weighted by atomic mass is 10.2. The molecule has 0 fully saturated rings. The van der Waals surface area contributed by atoms with Crippen LogP contribution in [-0.4, -0.2) is 19.4 Å². The van der Waals surface area contributed by atoms with E-state index in [0.29, 0.717) is 23.6 Å². The van der Waals surface area contributed by atoms with Crippen LogP contribution in [0.1, 0.15) is 23.7 Å². The van der Waals surface area contributed by atoms with Gasteiger partial charge in [-0.25, -0.2) is 0 Å². The van der Waals surface area contributed by atoms with Gasteiger partial charge in [-0.3, -0.25) is 4.79 Å². The van der Waals surface area contributed by atoms with Gasteiger partial charge in [-0.2, -0.15) is 5.26 Å². The van der Waals surface area contributed by atoms with Gasteiger partial charge in [-0.1, -0.05) is 11.6 Å². The number of hydrogen-bond acceptors (Lipinski definition) is 3. The molecule has 4 heteroatoms. The summed E-state index contributed by atoms with van der Waals surface area (Å²) in [5.41, 5.74) is 1.43. The van der Waals surface area contributed by atoms with Gasteiger partial charge in [0, 0.05) is 24.3 Å². The Morgan fingerprint density at radius 2 is 2.31 bits per heavy atom. The van der Waals surface area contributed by atoms with E-state index >= 15 is 0 Å². The molecule has 0 unspecified atom stereocenters. The van der Waals surface area contributed by atoms with E-state index in [0.717, 1.165) is 18.5 Å². The van der Waals surface area contributed by atoms with Crippen LogP contribution in [-0.2, 0) is 0 Å². The van der Waals surface area contributed by atoms with Crippen LogP contribution in [0.15, 0.2) is 18.2 Å². The number of carbonyl (C=O) groups excluding carboxylic acids is 1. The van der Waals surface area contributed by atoms with Crippen LogP contribution < -0.4 is 4.90 Å². The van der Waals surface area contributed by atoms with Gasteiger partial charge >= 0.3 is 0 Å². The van der Waals surface area contributed by atoms with Gasteiger partial charge in [0.15, 0.2) is 6.29 Å². The third-order valence-electron chi connectivity index (χ3n) is 2.35. The van der Waals surface area contributed by atoms with Crippen molar-refractivity contribution < 1.29 is 4.79 Å². The standard InChI is InChI=1S/C12H13ClN2O/c1-2-15(7-3-6-14)11-5-4-10(9-16)12(13)8-11/h4-5,8-9H,2-3,7H2,1H3. The van der Waals surface area contributed by atoms with Gasteiger partial charge in [0.25, 0.3) is 0 Å². The summed E-state index contributed by atoms with van der Waals surface area (Å²) in [6.07, 6.45) is 1.21. The molecule has 1 rings (SSSR count). The van der Waals surface area contributed by atoms with Crippen LogP contribution in [0.3, 0.4) is 0 Å². The Labute approximate surface area is 100 Å². The minimum atomic E-state index is 0.447. The van der Waals surface area contributed by atoms with E-state index in [2.05, 4.69) is 6.07 Å². The summed E-state index contributed by atoms with van der Waals surface area (Å²) in [4.78, 5) is 12.7. The minimum absolute atomic E-state index is 0.447. The molecule has 16 heavy (non-hydrogen) atoms. The molecule has 0 aromatic heterocycles. The van der Waals surface area contributed by atoms with Crippen LogP contribution in [0, 0.1) is 11.3 Å². The molecule has 84 valence electrons. The van der Waals surface area contributed by atoms with E-state index in [-0.39, 0.29) is 0 Å². The first-order valence-corrected chi connectivity index (χ1v) is 5.47. The molecule has 0 aliphatic heterocycles. The third-order valence-corrected chi connectivity index (χ3v) is 2.68. The van der Waals surface area contributed by atoms with Gasteiger partial charge in [0.05, 0.1) is 17.5 Å². The first kappa shape index (κ1) is 12.5. The number of benzene rings is 1. The Hall–Kier alpha value is -1.53. The van der Waals surface area contributed by atoms with Gasteiger partial charge < -0.3 is 4.90 Å². The van der Waals surface area contributed by atoms with Crippen molar-refractivity contribution in [3.63, 3.8) is 0 Å². The maximum absolute atomic E-state index is 10.6. The lowest BCUT2D eigenvalue weighted by Gasteiger charge is -2.22. The molecular weight excluding hydrogens is 224 g/mol. The van der Waals surface area contributed by atoms with E-state index in [1.165, 1.54) is 0 Å². The normalized spacial score (nSPS) is 9.56. The lowest BCUT2D eigenvalue weighted by Crippen LogP contribution is -2.23. The number of nitrogens with zero attached hydrogens (tertiary/aromatic N) is 2. The predicted octanol–water partition coefficient (Wildman–Crippen LogP) is 2.89. The third kappa shape index (κ3) is 2.98. The van der Waals surface area contributed by atoms with Crippen molar-refractivity contribution in [2.24, 2.45) is 0 Å². The van der Waals surface area contributed by atoms with Crippen LogP contribution in [0.5, 0.6) is 0 Å². The number of halogens is 1. The maximum Gasteiger partial charge on any atom is 0.151 e. The zero-order valence-electron chi connectivity index (χ0n) is 9.11. The highest BCUT2D eigenvalue weighted by Crippen LogP contribution is 2.22. The van der Waals surface area contributed by atoms with Crippen molar-refractivity contribution in [1.29, 1.82) is 5.26 Å². The molecule has 0 saturated heterocycles. The Morgan fingerprint density at radius 3 is 2.81 bits per heavy atom. The molecule has 0 spiro atoms. The lowest BCUT2D eigenvalue weighted by molar-refractivity contribution is 0.112. The zero-order valence-corrected chi connectivity index (χ0v) is 9.87. The minimum Gasteiger partial charge on any atom is -0.371 e. The van der Waals surface area contributed by atoms with E-state index in [4.69, 9.17) is 16.9 Å². The maximum atomic E-state index is 10.6. The monoisotopic (exact) mass is 236 g/mol. The summed E-state index contributed by atoms with van der Waals surface area (Å²) in [7, 11) is 0.